The van der Waals surface area contributed by atoms with Crippen LogP contribution in [0.25, 0.3) is 5.65 Å². The van der Waals surface area contributed by atoms with Crippen molar-refractivity contribution in [2.75, 3.05) is 11.9 Å². The van der Waals surface area contributed by atoms with Crippen molar-refractivity contribution in [3.8, 4) is 0 Å². The van der Waals surface area contributed by atoms with Crippen LogP contribution in [0.15, 0.2) is 18.3 Å². The van der Waals surface area contributed by atoms with Gasteiger partial charge in [-0.3, -0.25) is 0 Å². The first-order chi connectivity index (χ1) is 9.78. The second-order valence-electron chi connectivity index (χ2n) is 5.78. The fourth-order valence-corrected chi connectivity index (χ4v) is 3.17. The predicted octanol–water partition coefficient (Wildman–Crippen LogP) is 2.36. The second kappa shape index (κ2) is 5.79. The Bertz CT molecular complexity index is 571. The molecular formula is C15H23N5. The van der Waals surface area contributed by atoms with E-state index in [0.29, 0.717) is 18.4 Å². The molecule has 3 rings (SSSR count). The molecule has 1 aliphatic rings. The third-order valence-electron chi connectivity index (χ3n) is 4.34. The van der Waals surface area contributed by atoms with Gasteiger partial charge >= 0.3 is 0 Å². The van der Waals surface area contributed by atoms with Gasteiger partial charge in [0.2, 0.25) is 5.95 Å². The molecule has 0 aliphatic heterocycles. The Morgan fingerprint density at radius 1 is 1.40 bits per heavy atom. The number of hydrogen-bond acceptors (Lipinski definition) is 4. The highest BCUT2D eigenvalue weighted by atomic mass is 15.3. The van der Waals surface area contributed by atoms with Gasteiger partial charge in [-0.2, -0.15) is 4.98 Å². The molecule has 1 atom stereocenters. The maximum Gasteiger partial charge on any atom is 0.243 e. The molecule has 2 aromatic rings. The number of hydrogen-bond donors (Lipinski definition) is 2. The maximum absolute atomic E-state index is 5.95. The fraction of sp³-hybridized carbons (Fsp3) is 0.600. The van der Waals surface area contributed by atoms with Crippen LogP contribution < -0.4 is 11.1 Å². The SMILES string of the molecule is Cc1cccn2nc(NC(CN)C3CCCCC3)nc12. The number of pyridine rings is 1. The summed E-state index contributed by atoms with van der Waals surface area (Å²) in [6.45, 7) is 2.69. The topological polar surface area (TPSA) is 68.2 Å². The molecule has 0 aromatic carbocycles. The lowest BCUT2D eigenvalue weighted by molar-refractivity contribution is 0.320. The predicted molar refractivity (Wildman–Crippen MR) is 80.8 cm³/mol. The molecule has 1 saturated carbocycles. The zero-order valence-corrected chi connectivity index (χ0v) is 12.0. The molecule has 2 aromatic heterocycles. The van der Waals surface area contributed by atoms with E-state index in [1.54, 1.807) is 0 Å². The molecule has 1 aliphatic carbocycles. The quantitative estimate of drug-likeness (QED) is 0.897. The van der Waals surface area contributed by atoms with Gasteiger partial charge in [-0.25, -0.2) is 4.52 Å². The standard InChI is InChI=1S/C15H23N5/c1-11-6-5-9-20-14(11)18-15(19-20)17-13(10-16)12-7-3-2-4-8-12/h5-6,9,12-13H,2-4,7-8,10,16H2,1H3,(H,17,19). The van der Waals surface area contributed by atoms with Gasteiger partial charge in [0, 0.05) is 18.8 Å². The van der Waals surface area contributed by atoms with E-state index < -0.39 is 0 Å². The molecule has 0 radical (unpaired) electrons. The van der Waals surface area contributed by atoms with E-state index in [2.05, 4.69) is 28.4 Å². The lowest BCUT2D eigenvalue weighted by Crippen LogP contribution is -2.37. The molecule has 1 fully saturated rings. The van der Waals surface area contributed by atoms with Gasteiger partial charge in [0.25, 0.3) is 0 Å². The number of nitrogens with one attached hydrogen (secondary N) is 1. The molecule has 3 N–H and O–H groups in total. The van der Waals surface area contributed by atoms with Crippen LogP contribution >= 0.6 is 0 Å². The van der Waals surface area contributed by atoms with Crippen LogP contribution in [0, 0.1) is 12.8 Å². The van der Waals surface area contributed by atoms with Crippen molar-refractivity contribution in [3.05, 3.63) is 23.9 Å². The minimum atomic E-state index is 0.285. The summed E-state index contributed by atoms with van der Waals surface area (Å²) in [5.41, 5.74) is 8.00. The maximum atomic E-state index is 5.95. The zero-order chi connectivity index (χ0) is 13.9. The summed E-state index contributed by atoms with van der Waals surface area (Å²) < 4.78 is 1.83. The minimum Gasteiger partial charge on any atom is -0.349 e. The van der Waals surface area contributed by atoms with Crippen LogP contribution in [0.5, 0.6) is 0 Å². The first-order valence-corrected chi connectivity index (χ1v) is 7.56. The summed E-state index contributed by atoms with van der Waals surface area (Å²) in [7, 11) is 0. The van der Waals surface area contributed by atoms with Gasteiger partial charge in [-0.05, 0) is 37.3 Å². The summed E-state index contributed by atoms with van der Waals surface area (Å²) in [4.78, 5) is 4.58. The van der Waals surface area contributed by atoms with Gasteiger partial charge in [-0.1, -0.05) is 25.3 Å². The van der Waals surface area contributed by atoms with Crippen LogP contribution in [-0.2, 0) is 0 Å². The van der Waals surface area contributed by atoms with E-state index in [-0.39, 0.29) is 6.04 Å². The number of fused-ring (bicyclic) bond motifs is 1. The lowest BCUT2D eigenvalue weighted by atomic mass is 9.84. The van der Waals surface area contributed by atoms with Gasteiger partial charge in [0.15, 0.2) is 5.65 Å². The number of nitrogens with zero attached hydrogens (tertiary/aromatic N) is 3. The summed E-state index contributed by atoms with van der Waals surface area (Å²) in [6, 6.07) is 4.32. The van der Waals surface area contributed by atoms with Gasteiger partial charge in [-0.15, -0.1) is 5.10 Å². The molecule has 108 valence electrons. The van der Waals surface area contributed by atoms with E-state index >= 15 is 0 Å². The normalized spacial score (nSPS) is 18.3. The van der Waals surface area contributed by atoms with Crippen LogP contribution in [0.3, 0.4) is 0 Å². The van der Waals surface area contributed by atoms with Crippen molar-refractivity contribution < 1.29 is 0 Å². The number of aryl methyl sites for hydroxylation is 1. The molecule has 20 heavy (non-hydrogen) atoms. The lowest BCUT2D eigenvalue weighted by Gasteiger charge is -2.29. The summed E-state index contributed by atoms with van der Waals surface area (Å²) in [6.07, 6.45) is 8.46. The van der Waals surface area contributed by atoms with Crippen molar-refractivity contribution >= 4 is 11.6 Å². The largest absolute Gasteiger partial charge is 0.349 e. The number of nitrogens with two attached hydrogens (primary N) is 1. The van der Waals surface area contributed by atoms with Crippen molar-refractivity contribution in [2.45, 2.75) is 45.1 Å². The molecule has 0 spiro atoms. The van der Waals surface area contributed by atoms with Crippen molar-refractivity contribution in [1.82, 2.24) is 14.6 Å². The van der Waals surface area contributed by atoms with Gasteiger partial charge < -0.3 is 11.1 Å². The van der Waals surface area contributed by atoms with E-state index in [9.17, 15) is 0 Å². The van der Waals surface area contributed by atoms with Crippen LogP contribution in [-0.4, -0.2) is 27.2 Å². The average molecular weight is 273 g/mol. The van der Waals surface area contributed by atoms with Crippen molar-refractivity contribution in [3.63, 3.8) is 0 Å². The first-order valence-electron chi connectivity index (χ1n) is 7.56. The van der Waals surface area contributed by atoms with E-state index in [1.165, 1.54) is 32.1 Å². The molecular weight excluding hydrogens is 250 g/mol. The van der Waals surface area contributed by atoms with Crippen LogP contribution in [0.2, 0.25) is 0 Å². The number of anilines is 1. The highest BCUT2D eigenvalue weighted by Gasteiger charge is 2.23. The summed E-state index contributed by atoms with van der Waals surface area (Å²) >= 11 is 0. The number of aromatic nitrogens is 3. The van der Waals surface area contributed by atoms with Crippen LogP contribution in [0.4, 0.5) is 5.95 Å². The Balaban J connectivity index is 1.78. The third kappa shape index (κ3) is 2.63. The fourth-order valence-electron chi connectivity index (χ4n) is 3.17. The Hall–Kier alpha value is -1.62. The summed E-state index contributed by atoms with van der Waals surface area (Å²) in [5.74, 6) is 1.35. The number of rotatable bonds is 4. The van der Waals surface area contributed by atoms with Crippen LogP contribution in [0.1, 0.15) is 37.7 Å². The highest BCUT2D eigenvalue weighted by Crippen LogP contribution is 2.27. The highest BCUT2D eigenvalue weighted by molar-refractivity contribution is 5.50. The Morgan fingerprint density at radius 2 is 2.20 bits per heavy atom. The molecule has 0 amide bonds. The zero-order valence-electron chi connectivity index (χ0n) is 12.0. The van der Waals surface area contributed by atoms with Crippen molar-refractivity contribution in [1.29, 1.82) is 0 Å². The average Bonchev–Trinajstić information content (AvgIpc) is 2.90. The Morgan fingerprint density at radius 3 is 2.90 bits per heavy atom. The molecule has 0 saturated heterocycles. The molecule has 5 nitrogen and oxygen atoms in total. The molecule has 2 heterocycles. The first kappa shape index (κ1) is 13.4. The van der Waals surface area contributed by atoms with E-state index in [4.69, 9.17) is 5.73 Å². The second-order valence-corrected chi connectivity index (χ2v) is 5.78. The van der Waals surface area contributed by atoms with Gasteiger partial charge in [0.1, 0.15) is 0 Å². The van der Waals surface area contributed by atoms with Crippen molar-refractivity contribution in [2.24, 2.45) is 11.7 Å². The molecule has 1 unspecified atom stereocenters. The smallest absolute Gasteiger partial charge is 0.243 e. The van der Waals surface area contributed by atoms with E-state index in [1.807, 2.05) is 16.8 Å². The Kier molecular flexibility index (Phi) is 3.87. The van der Waals surface area contributed by atoms with E-state index in [0.717, 1.165) is 11.2 Å². The molecule has 0 bridgehead atoms. The minimum absolute atomic E-state index is 0.285. The summed E-state index contributed by atoms with van der Waals surface area (Å²) in [5, 5.41) is 7.94. The van der Waals surface area contributed by atoms with Gasteiger partial charge in [0.05, 0.1) is 0 Å². The molecule has 5 heteroatoms. The monoisotopic (exact) mass is 273 g/mol. The Labute approximate surface area is 119 Å². The third-order valence-corrected chi connectivity index (χ3v) is 4.34.